The summed E-state index contributed by atoms with van der Waals surface area (Å²) in [6, 6.07) is 7.45. The number of esters is 1. The fraction of sp³-hybridized carbons (Fsp3) is 0.231. The van der Waals surface area contributed by atoms with Gasteiger partial charge in [-0.2, -0.15) is 26.3 Å². The number of carbonyl (C=O) groups is 2. The highest BCUT2D eigenvalue weighted by atomic mass is 19.4. The lowest BCUT2D eigenvalue weighted by molar-refractivity contribution is -0.139. The van der Waals surface area contributed by atoms with E-state index in [0.717, 1.165) is 66.4 Å². The van der Waals surface area contributed by atoms with Crippen molar-refractivity contribution in [3.05, 3.63) is 115 Å². The average Bonchev–Trinajstić information content (AvgIpc) is 2.88. The molecule has 0 atom stereocenters. The van der Waals surface area contributed by atoms with Gasteiger partial charge in [0.15, 0.2) is 5.78 Å². The van der Waals surface area contributed by atoms with E-state index in [9.17, 15) is 50.6 Å². The Hall–Kier alpha value is -4.62. The fourth-order valence-electron chi connectivity index (χ4n) is 3.62. The predicted octanol–water partition coefficient (Wildman–Crippen LogP) is 3.87. The van der Waals surface area contributed by atoms with Gasteiger partial charge in [-0.3, -0.25) is 18.7 Å². The van der Waals surface area contributed by atoms with Gasteiger partial charge in [-0.1, -0.05) is 24.3 Å². The van der Waals surface area contributed by atoms with Crippen molar-refractivity contribution in [3.63, 3.8) is 0 Å². The number of hydrogen-bond acceptors (Lipinski definition) is 6. The monoisotopic (exact) mass is 570 g/mol. The number of alkyl halides is 6. The normalized spacial score (nSPS) is 12.3. The van der Waals surface area contributed by atoms with Crippen molar-refractivity contribution in [1.82, 2.24) is 9.13 Å². The van der Waals surface area contributed by atoms with Crippen molar-refractivity contribution in [3.8, 4) is 0 Å². The highest BCUT2D eigenvalue weighted by molar-refractivity contribution is 5.98. The second-order valence-corrected chi connectivity index (χ2v) is 8.51. The van der Waals surface area contributed by atoms with Crippen molar-refractivity contribution in [2.24, 2.45) is 0 Å². The second kappa shape index (κ2) is 11.6. The minimum absolute atomic E-state index is 0.139. The van der Waals surface area contributed by atoms with Gasteiger partial charge >= 0.3 is 24.0 Å². The molecule has 3 rings (SSSR count). The minimum atomic E-state index is -4.62. The number of carbonyl (C=O) groups excluding carboxylic acids is 2. The molecule has 1 aromatic heterocycles. The van der Waals surface area contributed by atoms with Crippen LogP contribution in [-0.4, -0.2) is 33.1 Å². The first kappa shape index (κ1) is 29.9. The zero-order valence-electron chi connectivity index (χ0n) is 20.5. The van der Waals surface area contributed by atoms with Gasteiger partial charge in [-0.15, -0.1) is 0 Å². The first-order valence-corrected chi connectivity index (χ1v) is 11.3. The van der Waals surface area contributed by atoms with E-state index >= 15 is 0 Å². The lowest BCUT2D eigenvalue weighted by atomic mass is 10.1. The molecule has 212 valence electrons. The van der Waals surface area contributed by atoms with Crippen LogP contribution in [0, 0.1) is 0 Å². The Morgan fingerprint density at radius 2 is 1.32 bits per heavy atom. The number of aliphatic hydroxyl groups is 1. The summed E-state index contributed by atoms with van der Waals surface area (Å²) in [5.74, 6) is -3.20. The number of nitrogens with zero attached hydrogens (tertiary/aromatic N) is 2. The maximum atomic E-state index is 13.2. The molecule has 3 aromatic rings. The number of benzene rings is 2. The van der Waals surface area contributed by atoms with Gasteiger partial charge < -0.3 is 9.84 Å². The van der Waals surface area contributed by atoms with Crippen molar-refractivity contribution in [2.45, 2.75) is 31.9 Å². The van der Waals surface area contributed by atoms with Gasteiger partial charge in [-0.05, 0) is 35.4 Å². The summed E-state index contributed by atoms with van der Waals surface area (Å²) >= 11 is 0. The molecule has 40 heavy (non-hydrogen) atoms. The maximum Gasteiger partial charge on any atom is 0.416 e. The van der Waals surface area contributed by atoms with Crippen LogP contribution in [0.1, 0.15) is 27.8 Å². The molecule has 0 radical (unpaired) electrons. The Morgan fingerprint density at radius 1 is 0.850 bits per heavy atom. The number of aliphatic hydroxyl groups excluding tert-OH is 1. The molecule has 0 bridgehead atoms. The fourth-order valence-corrected chi connectivity index (χ4v) is 3.62. The van der Waals surface area contributed by atoms with Gasteiger partial charge in [0.1, 0.15) is 0 Å². The molecule has 1 heterocycles. The molecule has 14 heteroatoms. The number of hydrogen-bond donors (Lipinski definition) is 1. The first-order chi connectivity index (χ1) is 18.6. The van der Waals surface area contributed by atoms with E-state index in [0.29, 0.717) is 10.6 Å². The van der Waals surface area contributed by atoms with Gasteiger partial charge in [-0.25, -0.2) is 9.59 Å². The third-order valence-electron chi connectivity index (χ3n) is 5.62. The number of ketones is 1. The molecular weight excluding hydrogens is 550 g/mol. The van der Waals surface area contributed by atoms with Gasteiger partial charge in [0.25, 0.3) is 5.56 Å². The van der Waals surface area contributed by atoms with Gasteiger partial charge in [0.2, 0.25) is 5.76 Å². The molecule has 1 N–H and O–H groups in total. The maximum absolute atomic E-state index is 13.2. The molecular formula is C26H20F6N2O6. The third-order valence-corrected chi connectivity index (χ3v) is 5.62. The minimum Gasteiger partial charge on any atom is -0.502 e. The van der Waals surface area contributed by atoms with Crippen LogP contribution in [0.4, 0.5) is 26.3 Å². The van der Waals surface area contributed by atoms with Crippen LogP contribution in [-0.2, 0) is 46.2 Å². The Kier molecular flexibility index (Phi) is 8.71. The number of rotatable bonds is 8. The molecule has 0 aliphatic heterocycles. The van der Waals surface area contributed by atoms with E-state index in [1.165, 1.54) is 0 Å². The molecule has 0 aliphatic rings. The summed E-state index contributed by atoms with van der Waals surface area (Å²) in [5, 5.41) is 9.60. The van der Waals surface area contributed by atoms with Crippen LogP contribution in [0.5, 0.6) is 0 Å². The summed E-state index contributed by atoms with van der Waals surface area (Å²) in [6.07, 6.45) is -8.40. The summed E-state index contributed by atoms with van der Waals surface area (Å²) in [5.41, 5.74) is -3.74. The number of ether oxygens (including phenoxy) is 1. The third kappa shape index (κ3) is 7.27. The molecule has 0 aliphatic carbocycles. The Balaban J connectivity index is 2.05. The van der Waals surface area contributed by atoms with E-state index in [1.807, 2.05) is 0 Å². The standard InChI is InChI=1S/C26H20F6N2O6/c1-40-23(38)21(36)11-20(35)10-17-14-33(12-15-2-6-18(7-3-15)25(27,28)29)24(39)34(22(17)37)13-16-4-8-19(9-5-16)26(30,31)32/h2-9,11,14,36H,10,12-13H2,1H3/b21-11-. The molecule has 8 nitrogen and oxygen atoms in total. The van der Waals surface area contributed by atoms with E-state index in [1.54, 1.807) is 0 Å². The topological polar surface area (TPSA) is 108 Å². The highest BCUT2D eigenvalue weighted by Gasteiger charge is 2.31. The smallest absolute Gasteiger partial charge is 0.416 e. The Bertz CT molecular complexity index is 1550. The lowest BCUT2D eigenvalue weighted by Crippen LogP contribution is -2.42. The van der Waals surface area contributed by atoms with Crippen molar-refractivity contribution in [1.29, 1.82) is 0 Å². The number of aromatic nitrogens is 2. The van der Waals surface area contributed by atoms with Gasteiger partial charge in [0, 0.05) is 24.3 Å². The molecule has 0 saturated heterocycles. The molecule has 0 spiro atoms. The van der Waals surface area contributed by atoms with Crippen molar-refractivity contribution < 1.29 is 45.8 Å². The number of halogens is 6. The summed E-state index contributed by atoms with van der Waals surface area (Å²) in [7, 11) is 0.952. The Labute approximate surface area is 221 Å². The first-order valence-electron chi connectivity index (χ1n) is 11.3. The van der Waals surface area contributed by atoms with Crippen LogP contribution in [0.2, 0.25) is 0 Å². The van der Waals surface area contributed by atoms with Crippen LogP contribution in [0.25, 0.3) is 0 Å². The molecule has 0 amide bonds. The van der Waals surface area contributed by atoms with Crippen molar-refractivity contribution >= 4 is 11.8 Å². The second-order valence-electron chi connectivity index (χ2n) is 8.51. The molecule has 0 fully saturated rings. The van der Waals surface area contributed by atoms with E-state index in [-0.39, 0.29) is 23.2 Å². The van der Waals surface area contributed by atoms with Crippen molar-refractivity contribution in [2.75, 3.05) is 7.11 Å². The average molecular weight is 570 g/mol. The molecule has 0 unspecified atom stereocenters. The van der Waals surface area contributed by atoms with E-state index in [2.05, 4.69) is 4.74 Å². The lowest BCUT2D eigenvalue weighted by Gasteiger charge is -2.14. The largest absolute Gasteiger partial charge is 0.502 e. The van der Waals surface area contributed by atoms with Crippen LogP contribution >= 0.6 is 0 Å². The van der Waals surface area contributed by atoms with E-state index in [4.69, 9.17) is 0 Å². The SMILES string of the molecule is COC(=O)/C(O)=C/C(=O)Cc1cn(Cc2ccc(C(F)(F)F)cc2)c(=O)n(Cc2ccc(C(F)(F)F)cc2)c1=O. The Morgan fingerprint density at radius 3 is 1.77 bits per heavy atom. The highest BCUT2D eigenvalue weighted by Crippen LogP contribution is 2.30. The predicted molar refractivity (Wildman–Crippen MR) is 127 cm³/mol. The van der Waals surface area contributed by atoms with Crippen LogP contribution in [0.15, 0.2) is 76.2 Å². The van der Waals surface area contributed by atoms with Crippen LogP contribution in [0.3, 0.4) is 0 Å². The number of methoxy groups -OCH3 is 1. The zero-order valence-corrected chi connectivity index (χ0v) is 20.5. The quantitative estimate of drug-likeness (QED) is 0.191. The summed E-state index contributed by atoms with van der Waals surface area (Å²) in [4.78, 5) is 50.0. The summed E-state index contributed by atoms with van der Waals surface area (Å²) in [6.45, 7) is -0.817. The molecule has 2 aromatic carbocycles. The van der Waals surface area contributed by atoms with Gasteiger partial charge in [0.05, 0.1) is 31.3 Å². The number of allylic oxidation sites excluding steroid dienone is 1. The molecule has 0 saturated carbocycles. The van der Waals surface area contributed by atoms with E-state index < -0.39 is 65.2 Å². The zero-order chi connectivity index (χ0) is 29.8. The van der Waals surface area contributed by atoms with Crippen LogP contribution < -0.4 is 11.2 Å². The summed E-state index contributed by atoms with van der Waals surface area (Å²) < 4.78 is 83.3.